The molecule has 1 atom stereocenters. The predicted molar refractivity (Wildman–Crippen MR) is 88.8 cm³/mol. The largest absolute Gasteiger partial charge is 0.460 e. The van der Waals surface area contributed by atoms with Crippen LogP contribution in [-0.4, -0.2) is 29.4 Å². The van der Waals surface area contributed by atoms with Crippen molar-refractivity contribution in [3.63, 3.8) is 0 Å². The van der Waals surface area contributed by atoms with E-state index in [2.05, 4.69) is 12.1 Å². The minimum absolute atomic E-state index is 0.0231. The van der Waals surface area contributed by atoms with Crippen LogP contribution in [0.25, 0.3) is 0 Å². The Hall–Kier alpha value is -1.39. The van der Waals surface area contributed by atoms with Gasteiger partial charge in [0, 0.05) is 6.61 Å². The van der Waals surface area contributed by atoms with Crippen molar-refractivity contribution in [1.29, 1.82) is 0 Å². The van der Waals surface area contributed by atoms with Crippen molar-refractivity contribution in [1.82, 2.24) is 0 Å². The normalized spacial score (nSPS) is 22.3. The zero-order chi connectivity index (χ0) is 16.9. The van der Waals surface area contributed by atoms with Crippen LogP contribution in [0.15, 0.2) is 30.3 Å². The Morgan fingerprint density at radius 3 is 2.48 bits per heavy atom. The molecule has 23 heavy (non-hydrogen) atoms. The number of carbonyl (C=O) groups is 1. The summed E-state index contributed by atoms with van der Waals surface area (Å²) in [5.74, 6) is 0.0833. The van der Waals surface area contributed by atoms with Crippen molar-refractivity contribution in [2.24, 2.45) is 11.8 Å². The Labute approximate surface area is 138 Å². The van der Waals surface area contributed by atoms with Gasteiger partial charge in [-0.1, -0.05) is 30.3 Å². The number of ether oxygens (including phenoxy) is 2. The van der Waals surface area contributed by atoms with Gasteiger partial charge in [0.15, 0.2) is 0 Å². The molecule has 0 heterocycles. The first-order valence-corrected chi connectivity index (χ1v) is 8.35. The third-order valence-electron chi connectivity index (χ3n) is 4.21. The minimum atomic E-state index is -0.474. The average molecular weight is 320 g/mol. The SMILES string of the molecule is CC(C)(C)OC(=O)CC(CO)C1CC(OCc2ccccc2)C1. The van der Waals surface area contributed by atoms with Crippen molar-refractivity contribution in [2.45, 2.75) is 58.3 Å². The maximum Gasteiger partial charge on any atom is 0.306 e. The Balaban J connectivity index is 1.70. The predicted octanol–water partition coefficient (Wildman–Crippen LogP) is 3.32. The molecule has 1 unspecified atom stereocenters. The van der Waals surface area contributed by atoms with Crippen molar-refractivity contribution in [3.05, 3.63) is 35.9 Å². The molecule has 1 saturated carbocycles. The van der Waals surface area contributed by atoms with Gasteiger partial charge in [-0.15, -0.1) is 0 Å². The zero-order valence-corrected chi connectivity index (χ0v) is 14.3. The van der Waals surface area contributed by atoms with Crippen molar-refractivity contribution in [2.75, 3.05) is 6.61 Å². The number of aliphatic hydroxyl groups is 1. The molecular formula is C19H28O4. The van der Waals surface area contributed by atoms with E-state index >= 15 is 0 Å². The number of hydrogen-bond acceptors (Lipinski definition) is 4. The number of benzene rings is 1. The summed E-state index contributed by atoms with van der Waals surface area (Å²) in [5.41, 5.74) is 0.696. The van der Waals surface area contributed by atoms with E-state index in [-0.39, 0.29) is 31.0 Å². The van der Waals surface area contributed by atoms with Gasteiger partial charge >= 0.3 is 5.97 Å². The van der Waals surface area contributed by atoms with Gasteiger partial charge in [-0.25, -0.2) is 0 Å². The van der Waals surface area contributed by atoms with Crippen molar-refractivity contribution < 1.29 is 19.4 Å². The topological polar surface area (TPSA) is 55.8 Å². The molecule has 1 aliphatic rings. The summed E-state index contributed by atoms with van der Waals surface area (Å²) in [6.45, 7) is 6.21. The van der Waals surface area contributed by atoms with Crippen molar-refractivity contribution in [3.8, 4) is 0 Å². The molecule has 4 heteroatoms. The van der Waals surface area contributed by atoms with E-state index in [4.69, 9.17) is 9.47 Å². The summed E-state index contributed by atoms with van der Waals surface area (Å²) in [7, 11) is 0. The van der Waals surface area contributed by atoms with Crippen LogP contribution in [0.1, 0.15) is 45.6 Å². The van der Waals surface area contributed by atoms with Crippen molar-refractivity contribution >= 4 is 5.97 Å². The van der Waals surface area contributed by atoms with E-state index in [1.54, 1.807) is 0 Å². The Morgan fingerprint density at radius 1 is 1.26 bits per heavy atom. The summed E-state index contributed by atoms with van der Waals surface area (Å²) in [6, 6.07) is 10.1. The molecule has 1 aromatic carbocycles. The van der Waals surface area contributed by atoms with Gasteiger partial charge in [-0.3, -0.25) is 4.79 Å². The van der Waals surface area contributed by atoms with E-state index in [1.807, 2.05) is 39.0 Å². The van der Waals surface area contributed by atoms with Crippen LogP contribution in [-0.2, 0) is 20.9 Å². The molecular weight excluding hydrogens is 292 g/mol. The van der Waals surface area contributed by atoms with E-state index < -0.39 is 5.60 Å². The average Bonchev–Trinajstić information content (AvgIpc) is 2.43. The molecule has 1 N–H and O–H groups in total. The fraction of sp³-hybridized carbons (Fsp3) is 0.632. The maximum absolute atomic E-state index is 11.9. The van der Waals surface area contributed by atoms with Gasteiger partial charge in [0.2, 0.25) is 0 Å². The quantitative estimate of drug-likeness (QED) is 0.783. The highest BCUT2D eigenvalue weighted by Crippen LogP contribution is 2.38. The van der Waals surface area contributed by atoms with Crippen LogP contribution < -0.4 is 0 Å². The lowest BCUT2D eigenvalue weighted by molar-refractivity contribution is -0.158. The van der Waals surface area contributed by atoms with E-state index in [1.165, 1.54) is 5.56 Å². The lowest BCUT2D eigenvalue weighted by Crippen LogP contribution is -2.39. The van der Waals surface area contributed by atoms with E-state index in [0.717, 1.165) is 12.8 Å². The zero-order valence-electron chi connectivity index (χ0n) is 14.3. The highest BCUT2D eigenvalue weighted by atomic mass is 16.6. The first-order chi connectivity index (χ1) is 10.9. The fourth-order valence-corrected chi connectivity index (χ4v) is 2.89. The Morgan fingerprint density at radius 2 is 1.91 bits per heavy atom. The number of esters is 1. The molecule has 0 aromatic heterocycles. The third-order valence-corrected chi connectivity index (χ3v) is 4.21. The van der Waals surface area contributed by atoms with Crippen LogP contribution in [0.3, 0.4) is 0 Å². The fourth-order valence-electron chi connectivity index (χ4n) is 2.89. The monoisotopic (exact) mass is 320 g/mol. The molecule has 1 aliphatic carbocycles. The highest BCUT2D eigenvalue weighted by molar-refractivity contribution is 5.70. The van der Waals surface area contributed by atoms with Gasteiger partial charge in [-0.05, 0) is 51.0 Å². The lowest BCUT2D eigenvalue weighted by atomic mass is 9.73. The van der Waals surface area contributed by atoms with Gasteiger partial charge in [0.1, 0.15) is 5.60 Å². The van der Waals surface area contributed by atoms with Crippen LogP contribution in [0, 0.1) is 11.8 Å². The van der Waals surface area contributed by atoms with Crippen LogP contribution in [0.5, 0.6) is 0 Å². The minimum Gasteiger partial charge on any atom is -0.460 e. The first-order valence-electron chi connectivity index (χ1n) is 8.35. The van der Waals surface area contributed by atoms with Gasteiger partial charge in [0.05, 0.1) is 19.1 Å². The molecule has 1 aromatic rings. The molecule has 2 rings (SSSR count). The van der Waals surface area contributed by atoms with Crippen LogP contribution in [0.4, 0.5) is 0 Å². The lowest BCUT2D eigenvalue weighted by Gasteiger charge is -2.39. The maximum atomic E-state index is 11.9. The number of carbonyl (C=O) groups excluding carboxylic acids is 1. The molecule has 4 nitrogen and oxygen atoms in total. The number of hydrogen-bond donors (Lipinski definition) is 1. The van der Waals surface area contributed by atoms with Crippen LogP contribution in [0.2, 0.25) is 0 Å². The van der Waals surface area contributed by atoms with Gasteiger partial charge in [-0.2, -0.15) is 0 Å². The second-order valence-electron chi connectivity index (χ2n) is 7.38. The number of rotatable bonds is 7. The molecule has 1 fully saturated rings. The highest BCUT2D eigenvalue weighted by Gasteiger charge is 2.37. The van der Waals surface area contributed by atoms with Crippen LogP contribution >= 0.6 is 0 Å². The molecule has 0 bridgehead atoms. The summed E-state index contributed by atoms with van der Waals surface area (Å²) < 4.78 is 11.2. The second kappa shape index (κ2) is 7.93. The molecule has 128 valence electrons. The molecule has 0 radical (unpaired) electrons. The van der Waals surface area contributed by atoms with E-state index in [9.17, 15) is 9.90 Å². The summed E-state index contributed by atoms with van der Waals surface area (Å²) in [6.07, 6.45) is 2.32. The summed E-state index contributed by atoms with van der Waals surface area (Å²) >= 11 is 0. The smallest absolute Gasteiger partial charge is 0.306 e. The second-order valence-corrected chi connectivity index (χ2v) is 7.38. The molecule has 0 spiro atoms. The Bertz CT molecular complexity index is 486. The van der Waals surface area contributed by atoms with E-state index in [0.29, 0.717) is 12.5 Å². The van der Waals surface area contributed by atoms with Gasteiger partial charge < -0.3 is 14.6 Å². The third kappa shape index (κ3) is 5.96. The summed E-state index contributed by atoms with van der Waals surface area (Å²) in [4.78, 5) is 11.9. The first kappa shape index (κ1) is 18.0. The molecule has 0 saturated heterocycles. The molecule has 0 aliphatic heterocycles. The summed E-state index contributed by atoms with van der Waals surface area (Å²) in [5, 5.41) is 9.55. The number of aliphatic hydroxyl groups excluding tert-OH is 1. The van der Waals surface area contributed by atoms with Gasteiger partial charge in [0.25, 0.3) is 0 Å². The molecule has 0 amide bonds. The standard InChI is InChI=1S/C19H28O4/c1-19(2,3)23-18(21)11-16(12-20)15-9-17(10-15)22-13-14-7-5-4-6-8-14/h4-8,15-17,20H,9-13H2,1-3H3. The Kier molecular flexibility index (Phi) is 6.19.